The molecule has 1 N–H and O–H groups in total. The first kappa shape index (κ1) is 14.1. The second-order valence-electron chi connectivity index (χ2n) is 5.82. The van der Waals surface area contributed by atoms with Crippen molar-refractivity contribution >= 4 is 5.97 Å². The number of hydrogen-bond acceptors (Lipinski definition) is 3. The largest absolute Gasteiger partial charge is 0.481 e. The van der Waals surface area contributed by atoms with Crippen LogP contribution in [0.15, 0.2) is 12.4 Å². The average Bonchev–Trinajstić information content (AvgIpc) is 2.97. The van der Waals surface area contributed by atoms with Gasteiger partial charge in [-0.3, -0.25) is 14.4 Å². The fourth-order valence-corrected chi connectivity index (χ4v) is 2.71. The smallest absolute Gasteiger partial charge is 0.310 e. The molecule has 2 heterocycles. The van der Waals surface area contributed by atoms with Crippen LogP contribution in [0.4, 0.5) is 0 Å². The molecule has 0 aliphatic carbocycles. The van der Waals surface area contributed by atoms with Gasteiger partial charge in [0.1, 0.15) is 0 Å². The maximum atomic E-state index is 11.4. The minimum Gasteiger partial charge on any atom is -0.481 e. The summed E-state index contributed by atoms with van der Waals surface area (Å²) in [7, 11) is 0. The van der Waals surface area contributed by atoms with Crippen LogP contribution < -0.4 is 0 Å². The van der Waals surface area contributed by atoms with E-state index in [9.17, 15) is 9.90 Å². The predicted octanol–water partition coefficient (Wildman–Crippen LogP) is 2.15. The number of carboxylic acids is 1. The predicted molar refractivity (Wildman–Crippen MR) is 72.9 cm³/mol. The standard InChI is InChI=1S/C14H23N3O2/c1-4-14(13(18)19)5-6-16(10-14)8-12-7-15-17(9-12)11(2)3/h7,9,11H,4-6,8,10H2,1-3H3,(H,18,19). The number of carboxylic acid groups (broad SMARTS) is 1. The Hall–Kier alpha value is -1.36. The van der Waals surface area contributed by atoms with E-state index in [-0.39, 0.29) is 0 Å². The van der Waals surface area contributed by atoms with Gasteiger partial charge in [-0.05, 0) is 33.2 Å². The third-order valence-corrected chi connectivity index (χ3v) is 4.15. The van der Waals surface area contributed by atoms with Gasteiger partial charge >= 0.3 is 5.97 Å². The lowest BCUT2D eigenvalue weighted by molar-refractivity contribution is -0.148. The number of likely N-dealkylation sites (tertiary alicyclic amines) is 1. The summed E-state index contributed by atoms with van der Waals surface area (Å²) in [5.74, 6) is -0.657. The van der Waals surface area contributed by atoms with Crippen molar-refractivity contribution in [1.29, 1.82) is 0 Å². The summed E-state index contributed by atoms with van der Waals surface area (Å²) in [6.07, 6.45) is 5.38. The average molecular weight is 265 g/mol. The summed E-state index contributed by atoms with van der Waals surface area (Å²) in [5.41, 5.74) is 0.611. The van der Waals surface area contributed by atoms with Crippen molar-refractivity contribution in [2.45, 2.75) is 46.2 Å². The fraction of sp³-hybridized carbons (Fsp3) is 0.714. The molecule has 0 aromatic carbocycles. The first-order valence-corrected chi connectivity index (χ1v) is 6.95. The molecule has 0 saturated carbocycles. The molecule has 0 radical (unpaired) electrons. The van der Waals surface area contributed by atoms with Crippen LogP contribution in [0.25, 0.3) is 0 Å². The molecule has 2 rings (SSSR count). The van der Waals surface area contributed by atoms with Crippen molar-refractivity contribution in [3.8, 4) is 0 Å². The molecular weight excluding hydrogens is 242 g/mol. The van der Waals surface area contributed by atoms with Crippen LogP contribution in [0.1, 0.15) is 45.2 Å². The van der Waals surface area contributed by atoms with E-state index in [0.717, 1.165) is 25.1 Å². The third-order valence-electron chi connectivity index (χ3n) is 4.15. The zero-order valence-corrected chi connectivity index (χ0v) is 12.0. The monoisotopic (exact) mass is 265 g/mol. The lowest BCUT2D eigenvalue weighted by Crippen LogP contribution is -2.33. The molecule has 1 aliphatic heterocycles. The van der Waals surface area contributed by atoms with Crippen LogP contribution in [0.5, 0.6) is 0 Å². The molecule has 1 aliphatic rings. The number of aromatic nitrogens is 2. The molecular formula is C14H23N3O2. The van der Waals surface area contributed by atoms with E-state index in [1.54, 1.807) is 0 Å². The highest BCUT2D eigenvalue weighted by atomic mass is 16.4. The first-order valence-electron chi connectivity index (χ1n) is 6.95. The van der Waals surface area contributed by atoms with Gasteiger partial charge < -0.3 is 5.11 Å². The molecule has 5 heteroatoms. The van der Waals surface area contributed by atoms with Crippen LogP contribution >= 0.6 is 0 Å². The Kier molecular flexibility index (Phi) is 3.94. The molecule has 1 fully saturated rings. The highest BCUT2D eigenvalue weighted by molar-refractivity contribution is 5.75. The Balaban J connectivity index is 1.99. The third kappa shape index (κ3) is 2.81. The Morgan fingerprint density at radius 3 is 2.79 bits per heavy atom. The van der Waals surface area contributed by atoms with Gasteiger partial charge in [-0.2, -0.15) is 5.10 Å². The van der Waals surface area contributed by atoms with Gasteiger partial charge in [0.05, 0.1) is 11.6 Å². The summed E-state index contributed by atoms with van der Waals surface area (Å²) in [6.45, 7) is 8.45. The molecule has 0 bridgehead atoms. The Morgan fingerprint density at radius 1 is 1.58 bits per heavy atom. The maximum absolute atomic E-state index is 11.4. The zero-order chi connectivity index (χ0) is 14.0. The number of nitrogens with zero attached hydrogens (tertiary/aromatic N) is 3. The number of carbonyl (C=O) groups is 1. The summed E-state index contributed by atoms with van der Waals surface area (Å²) >= 11 is 0. The van der Waals surface area contributed by atoms with Crippen molar-refractivity contribution in [1.82, 2.24) is 14.7 Å². The molecule has 0 spiro atoms. The molecule has 106 valence electrons. The molecule has 1 aromatic rings. The van der Waals surface area contributed by atoms with E-state index < -0.39 is 11.4 Å². The molecule has 1 saturated heterocycles. The summed E-state index contributed by atoms with van der Waals surface area (Å²) < 4.78 is 1.94. The molecule has 1 aromatic heterocycles. The van der Waals surface area contributed by atoms with E-state index in [1.165, 1.54) is 0 Å². The molecule has 1 atom stereocenters. The molecule has 0 amide bonds. The van der Waals surface area contributed by atoms with Crippen molar-refractivity contribution in [3.63, 3.8) is 0 Å². The normalized spacial score (nSPS) is 24.2. The quantitative estimate of drug-likeness (QED) is 0.886. The highest BCUT2D eigenvalue weighted by Crippen LogP contribution is 2.34. The van der Waals surface area contributed by atoms with E-state index in [0.29, 0.717) is 19.0 Å². The Bertz CT molecular complexity index is 455. The molecule has 1 unspecified atom stereocenters. The van der Waals surface area contributed by atoms with Crippen molar-refractivity contribution in [2.24, 2.45) is 5.41 Å². The minimum atomic E-state index is -0.657. The zero-order valence-electron chi connectivity index (χ0n) is 12.0. The van der Waals surface area contributed by atoms with Crippen LogP contribution in [-0.2, 0) is 11.3 Å². The SMILES string of the molecule is CCC1(C(=O)O)CCN(Cc2cnn(C(C)C)c2)C1. The number of aliphatic carboxylic acids is 1. The summed E-state index contributed by atoms with van der Waals surface area (Å²) in [5, 5.41) is 13.7. The van der Waals surface area contributed by atoms with Gasteiger partial charge in [-0.15, -0.1) is 0 Å². The van der Waals surface area contributed by atoms with E-state index >= 15 is 0 Å². The summed E-state index contributed by atoms with van der Waals surface area (Å²) in [6, 6.07) is 0.362. The van der Waals surface area contributed by atoms with E-state index in [2.05, 4.69) is 30.0 Å². The van der Waals surface area contributed by atoms with E-state index in [4.69, 9.17) is 0 Å². The topological polar surface area (TPSA) is 58.4 Å². The van der Waals surface area contributed by atoms with Crippen molar-refractivity contribution in [2.75, 3.05) is 13.1 Å². The summed E-state index contributed by atoms with van der Waals surface area (Å²) in [4.78, 5) is 13.6. The lowest BCUT2D eigenvalue weighted by Gasteiger charge is -2.22. The van der Waals surface area contributed by atoms with Gasteiger partial charge in [-0.25, -0.2) is 0 Å². The fourth-order valence-electron chi connectivity index (χ4n) is 2.71. The van der Waals surface area contributed by atoms with Gasteiger partial charge in [0.2, 0.25) is 0 Å². The lowest BCUT2D eigenvalue weighted by atomic mass is 9.84. The van der Waals surface area contributed by atoms with Crippen LogP contribution in [-0.4, -0.2) is 38.8 Å². The maximum Gasteiger partial charge on any atom is 0.310 e. The minimum absolute atomic E-state index is 0.362. The Labute approximate surface area is 114 Å². The van der Waals surface area contributed by atoms with Gasteiger partial charge in [0, 0.05) is 30.9 Å². The van der Waals surface area contributed by atoms with Crippen LogP contribution in [0, 0.1) is 5.41 Å². The number of hydrogen-bond donors (Lipinski definition) is 1. The van der Waals surface area contributed by atoms with Gasteiger partial charge in [0.15, 0.2) is 0 Å². The molecule has 19 heavy (non-hydrogen) atoms. The highest BCUT2D eigenvalue weighted by Gasteiger charge is 2.43. The second-order valence-corrected chi connectivity index (χ2v) is 5.82. The van der Waals surface area contributed by atoms with Crippen molar-refractivity contribution in [3.05, 3.63) is 18.0 Å². The van der Waals surface area contributed by atoms with Gasteiger partial charge in [0.25, 0.3) is 0 Å². The van der Waals surface area contributed by atoms with Gasteiger partial charge in [-0.1, -0.05) is 6.92 Å². The van der Waals surface area contributed by atoms with Crippen LogP contribution in [0.2, 0.25) is 0 Å². The molecule has 5 nitrogen and oxygen atoms in total. The second kappa shape index (κ2) is 5.33. The van der Waals surface area contributed by atoms with Crippen LogP contribution in [0.3, 0.4) is 0 Å². The number of rotatable bonds is 5. The van der Waals surface area contributed by atoms with E-state index in [1.807, 2.05) is 17.8 Å². The van der Waals surface area contributed by atoms with Crippen molar-refractivity contribution < 1.29 is 9.90 Å². The Morgan fingerprint density at radius 2 is 2.32 bits per heavy atom. The first-order chi connectivity index (χ1) is 8.97.